The standard InChI is InChI=1S/C19H21NO2S.C4H8O2.C2H6/c1-4-13-8-9-16-15(10-13)19(23-11-18(21)20-16)14-6-5-7-17(22-3)12(14)2;1-4(2)6-3-5;1-2/h5-10,19H,4,11H2,1-3H3,(H,20,21);3-4H,1-2H3;1-2H3/t19-;;/m1../s1. The number of nitrogens with one attached hydrogen (secondary N) is 1. The van der Waals surface area contributed by atoms with Gasteiger partial charge in [-0.1, -0.05) is 45.0 Å². The van der Waals surface area contributed by atoms with Gasteiger partial charge in [0, 0.05) is 5.69 Å². The molecule has 0 unspecified atom stereocenters. The van der Waals surface area contributed by atoms with Crippen molar-refractivity contribution in [2.45, 2.75) is 59.3 Å². The molecule has 170 valence electrons. The van der Waals surface area contributed by atoms with Crippen LogP contribution in [0.25, 0.3) is 0 Å². The van der Waals surface area contributed by atoms with Gasteiger partial charge in [0.05, 0.1) is 24.2 Å². The van der Waals surface area contributed by atoms with Crippen LogP contribution in [-0.2, 0) is 20.7 Å². The summed E-state index contributed by atoms with van der Waals surface area (Å²) in [6.07, 6.45) is 1.01. The smallest absolute Gasteiger partial charge is 0.293 e. The Kier molecular flexibility index (Phi) is 11.8. The van der Waals surface area contributed by atoms with E-state index >= 15 is 0 Å². The van der Waals surface area contributed by atoms with Crippen LogP contribution >= 0.6 is 11.8 Å². The van der Waals surface area contributed by atoms with Gasteiger partial charge in [0.2, 0.25) is 5.91 Å². The molecule has 3 rings (SSSR count). The van der Waals surface area contributed by atoms with Crippen LogP contribution in [0.4, 0.5) is 5.69 Å². The number of amides is 1. The van der Waals surface area contributed by atoms with Crippen molar-refractivity contribution in [3.8, 4) is 5.75 Å². The van der Waals surface area contributed by atoms with Gasteiger partial charge >= 0.3 is 0 Å². The van der Waals surface area contributed by atoms with Crippen molar-refractivity contribution in [2.75, 3.05) is 18.2 Å². The Hall–Kier alpha value is -2.47. The Balaban J connectivity index is 0.000000521. The maximum atomic E-state index is 12.0. The molecular formula is C25H35NO4S. The summed E-state index contributed by atoms with van der Waals surface area (Å²) in [5, 5.41) is 3.16. The fourth-order valence-electron chi connectivity index (χ4n) is 3.10. The van der Waals surface area contributed by atoms with Crippen LogP contribution in [0.3, 0.4) is 0 Å². The van der Waals surface area contributed by atoms with Crippen LogP contribution in [0.2, 0.25) is 0 Å². The lowest BCUT2D eigenvalue weighted by molar-refractivity contribution is -0.132. The maximum absolute atomic E-state index is 12.0. The highest BCUT2D eigenvalue weighted by atomic mass is 32.2. The number of benzene rings is 2. The summed E-state index contributed by atoms with van der Waals surface area (Å²) in [6, 6.07) is 12.5. The molecule has 0 bridgehead atoms. The molecule has 2 aromatic rings. The van der Waals surface area contributed by atoms with E-state index in [-0.39, 0.29) is 17.3 Å². The fourth-order valence-corrected chi connectivity index (χ4v) is 4.30. The molecule has 6 heteroatoms. The Labute approximate surface area is 190 Å². The monoisotopic (exact) mass is 445 g/mol. The highest BCUT2D eigenvalue weighted by molar-refractivity contribution is 8.00. The van der Waals surface area contributed by atoms with Crippen molar-refractivity contribution in [1.82, 2.24) is 0 Å². The molecule has 31 heavy (non-hydrogen) atoms. The van der Waals surface area contributed by atoms with Crippen molar-refractivity contribution in [1.29, 1.82) is 0 Å². The van der Waals surface area contributed by atoms with Gasteiger partial charge in [0.15, 0.2) is 0 Å². The first-order chi connectivity index (χ1) is 14.9. The van der Waals surface area contributed by atoms with Gasteiger partial charge < -0.3 is 14.8 Å². The van der Waals surface area contributed by atoms with Crippen LogP contribution < -0.4 is 10.1 Å². The average Bonchev–Trinajstić information content (AvgIpc) is 2.93. The summed E-state index contributed by atoms with van der Waals surface area (Å²) < 4.78 is 9.83. The van der Waals surface area contributed by atoms with E-state index in [1.807, 2.05) is 32.0 Å². The molecule has 0 saturated carbocycles. The Morgan fingerprint density at radius 3 is 2.45 bits per heavy atom. The third-order valence-corrected chi connectivity index (χ3v) is 5.89. The maximum Gasteiger partial charge on any atom is 0.293 e. The first-order valence-corrected chi connectivity index (χ1v) is 11.7. The number of anilines is 1. The highest BCUT2D eigenvalue weighted by Gasteiger charge is 2.26. The summed E-state index contributed by atoms with van der Waals surface area (Å²) in [4.78, 5) is 21.4. The van der Waals surface area contributed by atoms with Gasteiger partial charge in [-0.15, -0.1) is 11.8 Å². The molecular weight excluding hydrogens is 410 g/mol. The molecule has 0 aromatic heterocycles. The van der Waals surface area contributed by atoms with E-state index in [0.717, 1.165) is 23.4 Å². The molecule has 0 saturated heterocycles. The third-order valence-electron chi connectivity index (χ3n) is 4.62. The zero-order chi connectivity index (χ0) is 23.4. The van der Waals surface area contributed by atoms with Gasteiger partial charge in [0.25, 0.3) is 6.47 Å². The lowest BCUT2D eigenvalue weighted by atomic mass is 9.96. The summed E-state index contributed by atoms with van der Waals surface area (Å²) in [5.41, 5.74) is 5.72. The number of methoxy groups -OCH3 is 1. The number of fused-ring (bicyclic) bond motifs is 1. The Bertz CT molecular complexity index is 851. The first-order valence-electron chi connectivity index (χ1n) is 10.7. The fraction of sp³-hybridized carbons (Fsp3) is 0.440. The largest absolute Gasteiger partial charge is 0.496 e. The van der Waals surface area contributed by atoms with Crippen molar-refractivity contribution in [3.05, 3.63) is 58.7 Å². The third kappa shape index (κ3) is 7.62. The molecule has 0 radical (unpaired) electrons. The minimum Gasteiger partial charge on any atom is -0.496 e. The van der Waals surface area contributed by atoms with E-state index in [2.05, 4.69) is 42.1 Å². The molecule has 1 N–H and O–H groups in total. The number of aryl methyl sites for hydroxylation is 1. The van der Waals surface area contributed by atoms with Gasteiger partial charge in [-0.2, -0.15) is 0 Å². The van der Waals surface area contributed by atoms with Crippen LogP contribution in [0, 0.1) is 6.92 Å². The molecule has 1 heterocycles. The highest BCUT2D eigenvalue weighted by Crippen LogP contribution is 2.44. The van der Waals surface area contributed by atoms with Gasteiger partial charge in [-0.05, 0) is 61.6 Å². The topological polar surface area (TPSA) is 64.6 Å². The number of carbonyl (C=O) groups excluding carboxylic acids is 2. The number of rotatable bonds is 5. The Morgan fingerprint density at radius 1 is 1.19 bits per heavy atom. The van der Waals surface area contributed by atoms with Crippen LogP contribution in [0.5, 0.6) is 5.75 Å². The van der Waals surface area contributed by atoms with E-state index in [0.29, 0.717) is 12.2 Å². The second kappa shape index (κ2) is 13.8. The predicted molar refractivity (Wildman–Crippen MR) is 130 cm³/mol. The lowest BCUT2D eigenvalue weighted by Gasteiger charge is -2.21. The molecule has 1 amide bonds. The molecule has 0 fully saturated rings. The first kappa shape index (κ1) is 26.6. The van der Waals surface area contributed by atoms with E-state index < -0.39 is 0 Å². The van der Waals surface area contributed by atoms with Crippen molar-refractivity contribution < 1.29 is 19.1 Å². The van der Waals surface area contributed by atoms with Crippen molar-refractivity contribution in [3.63, 3.8) is 0 Å². The predicted octanol–water partition coefficient (Wildman–Crippen LogP) is 5.93. The minimum absolute atomic E-state index is 0.0301. The van der Waals surface area contributed by atoms with Gasteiger partial charge in [-0.25, -0.2) is 0 Å². The number of hydrogen-bond acceptors (Lipinski definition) is 5. The molecule has 1 atom stereocenters. The van der Waals surface area contributed by atoms with Crippen molar-refractivity contribution in [2.24, 2.45) is 0 Å². The zero-order valence-electron chi connectivity index (χ0n) is 19.7. The van der Waals surface area contributed by atoms with E-state index in [1.165, 1.54) is 16.7 Å². The summed E-state index contributed by atoms with van der Waals surface area (Å²) in [5.74, 6) is 1.40. The van der Waals surface area contributed by atoms with Gasteiger partial charge in [-0.3, -0.25) is 9.59 Å². The number of hydrogen-bond donors (Lipinski definition) is 1. The van der Waals surface area contributed by atoms with Gasteiger partial charge in [0.1, 0.15) is 5.75 Å². The molecule has 0 aliphatic carbocycles. The lowest BCUT2D eigenvalue weighted by Crippen LogP contribution is -2.12. The van der Waals surface area contributed by atoms with E-state index in [9.17, 15) is 9.59 Å². The van der Waals surface area contributed by atoms with Crippen LogP contribution in [-0.4, -0.2) is 31.3 Å². The second-order valence-electron chi connectivity index (χ2n) is 6.97. The van der Waals surface area contributed by atoms with Crippen molar-refractivity contribution >= 4 is 29.8 Å². The molecule has 2 aromatic carbocycles. The summed E-state index contributed by atoms with van der Waals surface area (Å²) >= 11 is 1.67. The molecule has 0 spiro atoms. The van der Waals surface area contributed by atoms with Crippen LogP contribution in [0.1, 0.15) is 62.1 Å². The quantitative estimate of drug-likeness (QED) is 0.578. The SMILES string of the molecule is CC.CC(C)OC=O.CCc1ccc2c(c1)[C@@H](c1cccc(OC)c1C)SCC(=O)N2. The zero-order valence-corrected chi connectivity index (χ0v) is 20.5. The molecule has 1 aliphatic heterocycles. The van der Waals surface area contributed by atoms with E-state index in [4.69, 9.17) is 4.74 Å². The normalized spacial score (nSPS) is 14.6. The molecule has 1 aliphatic rings. The second-order valence-corrected chi connectivity index (χ2v) is 8.06. The Morgan fingerprint density at radius 2 is 1.90 bits per heavy atom. The summed E-state index contributed by atoms with van der Waals surface area (Å²) in [7, 11) is 1.70. The minimum atomic E-state index is 0.0301. The molecule has 5 nitrogen and oxygen atoms in total. The number of ether oxygens (including phenoxy) is 2. The number of thioether (sulfide) groups is 1. The van der Waals surface area contributed by atoms with E-state index in [1.54, 1.807) is 32.7 Å². The summed E-state index contributed by atoms with van der Waals surface area (Å²) in [6.45, 7) is 12.3. The number of carbonyl (C=O) groups is 2. The van der Waals surface area contributed by atoms with Crippen LogP contribution in [0.15, 0.2) is 36.4 Å². The average molecular weight is 446 g/mol.